The van der Waals surface area contributed by atoms with Gasteiger partial charge in [-0.1, -0.05) is 17.8 Å². The lowest BCUT2D eigenvalue weighted by atomic mass is 10.1. The molecule has 4 nitrogen and oxygen atoms in total. The zero-order chi connectivity index (χ0) is 10.4. The quantitative estimate of drug-likeness (QED) is 0.779. The summed E-state index contributed by atoms with van der Waals surface area (Å²) in [5.74, 6) is 0. The van der Waals surface area contributed by atoms with Gasteiger partial charge in [-0.15, -0.1) is 5.10 Å². The van der Waals surface area contributed by atoms with Crippen LogP contribution in [0.2, 0.25) is 0 Å². The molecule has 0 bridgehead atoms. The Bertz CT molecular complexity index is 264. The number of aromatic nitrogens is 2. The van der Waals surface area contributed by atoms with Crippen LogP contribution in [0.1, 0.15) is 30.0 Å². The summed E-state index contributed by atoms with van der Waals surface area (Å²) in [6.45, 7) is 2.81. The molecule has 1 aromatic heterocycles. The van der Waals surface area contributed by atoms with Crippen molar-refractivity contribution in [3.8, 4) is 0 Å². The maximum absolute atomic E-state index is 5.14. The number of aryl methyl sites for hydroxylation is 1. The van der Waals surface area contributed by atoms with Gasteiger partial charge in [-0.05, 0) is 25.0 Å². The molecule has 1 unspecified atom stereocenters. The molecule has 0 amide bonds. The summed E-state index contributed by atoms with van der Waals surface area (Å²) >= 11 is 1.46. The first-order chi connectivity index (χ1) is 6.83. The van der Waals surface area contributed by atoms with Crippen LogP contribution in [0.3, 0.4) is 0 Å². The summed E-state index contributed by atoms with van der Waals surface area (Å²) in [6.07, 6.45) is 2.09. The van der Waals surface area contributed by atoms with Crippen molar-refractivity contribution < 1.29 is 4.74 Å². The Hall–Kier alpha value is -0.520. The van der Waals surface area contributed by atoms with Gasteiger partial charge in [-0.2, -0.15) is 0 Å². The van der Waals surface area contributed by atoms with E-state index in [-0.39, 0.29) is 6.04 Å². The van der Waals surface area contributed by atoms with E-state index in [1.54, 1.807) is 7.11 Å². The van der Waals surface area contributed by atoms with Gasteiger partial charge in [0.25, 0.3) is 0 Å². The predicted molar refractivity (Wildman–Crippen MR) is 57.6 cm³/mol. The lowest BCUT2D eigenvalue weighted by Gasteiger charge is -2.13. The van der Waals surface area contributed by atoms with Gasteiger partial charge in [0.1, 0.15) is 0 Å². The Kier molecular flexibility index (Phi) is 5.00. The van der Waals surface area contributed by atoms with Crippen molar-refractivity contribution in [3.63, 3.8) is 0 Å². The fourth-order valence-electron chi connectivity index (χ4n) is 1.35. The molecule has 5 heteroatoms. The van der Waals surface area contributed by atoms with Crippen LogP contribution in [-0.2, 0) is 11.2 Å². The van der Waals surface area contributed by atoms with Gasteiger partial charge in [0, 0.05) is 7.11 Å². The maximum atomic E-state index is 5.14. The third kappa shape index (κ3) is 2.73. The highest BCUT2D eigenvalue weighted by Gasteiger charge is 2.16. The molecule has 0 fully saturated rings. The van der Waals surface area contributed by atoms with Crippen LogP contribution >= 0.6 is 11.5 Å². The van der Waals surface area contributed by atoms with Gasteiger partial charge in [0.15, 0.2) is 0 Å². The van der Waals surface area contributed by atoms with Crippen LogP contribution in [0.25, 0.3) is 0 Å². The van der Waals surface area contributed by atoms with Crippen molar-refractivity contribution in [1.82, 2.24) is 14.9 Å². The van der Waals surface area contributed by atoms with Crippen LogP contribution in [0.5, 0.6) is 0 Å². The van der Waals surface area contributed by atoms with E-state index in [0.29, 0.717) is 6.61 Å². The number of ether oxygens (including phenoxy) is 1. The predicted octanol–water partition coefficient (Wildman–Crippen LogP) is 1.40. The smallest absolute Gasteiger partial charge is 0.0804 e. The molecule has 1 atom stereocenters. The normalized spacial score (nSPS) is 13.1. The van der Waals surface area contributed by atoms with Crippen molar-refractivity contribution in [2.45, 2.75) is 25.8 Å². The number of methoxy groups -OCH3 is 1. The van der Waals surface area contributed by atoms with E-state index in [2.05, 4.69) is 21.8 Å². The lowest BCUT2D eigenvalue weighted by Crippen LogP contribution is -2.21. The van der Waals surface area contributed by atoms with Crippen molar-refractivity contribution >= 4 is 11.5 Å². The monoisotopic (exact) mass is 215 g/mol. The molecule has 1 rings (SSSR count). The highest BCUT2D eigenvalue weighted by molar-refractivity contribution is 7.05. The first kappa shape index (κ1) is 11.6. The highest BCUT2D eigenvalue weighted by Crippen LogP contribution is 2.21. The van der Waals surface area contributed by atoms with Gasteiger partial charge in [-0.25, -0.2) is 0 Å². The number of rotatable bonds is 6. The van der Waals surface area contributed by atoms with Gasteiger partial charge < -0.3 is 10.1 Å². The Morgan fingerprint density at radius 3 is 2.93 bits per heavy atom. The molecule has 0 aliphatic heterocycles. The van der Waals surface area contributed by atoms with E-state index in [0.717, 1.165) is 18.5 Å². The Labute approximate surface area is 88.8 Å². The molecule has 0 radical (unpaired) electrons. The van der Waals surface area contributed by atoms with Crippen molar-refractivity contribution in [1.29, 1.82) is 0 Å². The number of nitrogens with zero attached hydrogens (tertiary/aromatic N) is 2. The minimum Gasteiger partial charge on any atom is -0.383 e. The Morgan fingerprint density at radius 1 is 1.57 bits per heavy atom. The minimum atomic E-state index is 0.224. The molecule has 0 spiro atoms. The zero-order valence-corrected chi connectivity index (χ0v) is 9.73. The van der Waals surface area contributed by atoms with Crippen molar-refractivity contribution in [2.75, 3.05) is 20.8 Å². The molecule has 80 valence electrons. The van der Waals surface area contributed by atoms with Gasteiger partial charge in [-0.3, -0.25) is 0 Å². The summed E-state index contributed by atoms with van der Waals surface area (Å²) in [7, 11) is 3.64. The van der Waals surface area contributed by atoms with Gasteiger partial charge >= 0.3 is 0 Å². The van der Waals surface area contributed by atoms with Gasteiger partial charge in [0.2, 0.25) is 0 Å². The molecule has 0 saturated heterocycles. The molecule has 0 saturated carbocycles. The van der Waals surface area contributed by atoms with E-state index in [4.69, 9.17) is 4.74 Å². The topological polar surface area (TPSA) is 47.0 Å². The first-order valence-corrected chi connectivity index (χ1v) is 5.58. The third-order valence-electron chi connectivity index (χ3n) is 2.07. The molecule has 1 heterocycles. The molecule has 1 aromatic rings. The largest absolute Gasteiger partial charge is 0.383 e. The zero-order valence-electron chi connectivity index (χ0n) is 8.91. The standard InChI is InChI=1S/C9H17N3OS/c1-4-5-7-9(14-12-11-7)8(10-2)6-13-3/h8,10H,4-6H2,1-3H3. The number of likely N-dealkylation sites (N-methyl/N-ethyl adjacent to an activating group) is 1. The van der Waals surface area contributed by atoms with E-state index in [9.17, 15) is 0 Å². The average molecular weight is 215 g/mol. The van der Waals surface area contributed by atoms with Gasteiger partial charge in [0.05, 0.1) is 23.2 Å². The van der Waals surface area contributed by atoms with E-state index < -0.39 is 0 Å². The SMILES string of the molecule is CCCc1nnsc1C(COC)NC. The summed E-state index contributed by atoms with van der Waals surface area (Å²) in [6, 6.07) is 0.224. The van der Waals surface area contributed by atoms with Crippen LogP contribution in [-0.4, -0.2) is 30.4 Å². The third-order valence-corrected chi connectivity index (χ3v) is 2.95. The number of nitrogens with one attached hydrogen (secondary N) is 1. The average Bonchev–Trinajstić information content (AvgIpc) is 2.63. The molecule has 0 aliphatic rings. The Morgan fingerprint density at radius 2 is 2.36 bits per heavy atom. The van der Waals surface area contributed by atoms with Crippen molar-refractivity contribution in [3.05, 3.63) is 10.6 Å². The molecular formula is C9H17N3OS. The Balaban J connectivity index is 2.74. The van der Waals surface area contributed by atoms with E-state index in [1.807, 2.05) is 7.05 Å². The second kappa shape index (κ2) is 6.06. The molecule has 1 N–H and O–H groups in total. The van der Waals surface area contributed by atoms with Crippen LogP contribution < -0.4 is 5.32 Å². The van der Waals surface area contributed by atoms with Crippen molar-refractivity contribution in [2.24, 2.45) is 0 Å². The fourth-order valence-corrected chi connectivity index (χ4v) is 2.14. The minimum absolute atomic E-state index is 0.224. The number of hydrogen-bond acceptors (Lipinski definition) is 5. The highest BCUT2D eigenvalue weighted by atomic mass is 32.1. The first-order valence-electron chi connectivity index (χ1n) is 4.80. The molecule has 0 aromatic carbocycles. The van der Waals surface area contributed by atoms with E-state index in [1.165, 1.54) is 16.4 Å². The van der Waals surface area contributed by atoms with Crippen LogP contribution in [0, 0.1) is 0 Å². The molecule has 14 heavy (non-hydrogen) atoms. The maximum Gasteiger partial charge on any atom is 0.0804 e. The summed E-state index contributed by atoms with van der Waals surface area (Å²) in [5.41, 5.74) is 1.11. The second-order valence-electron chi connectivity index (χ2n) is 3.13. The molecule has 0 aliphatic carbocycles. The summed E-state index contributed by atoms with van der Waals surface area (Å²) < 4.78 is 9.13. The summed E-state index contributed by atoms with van der Waals surface area (Å²) in [4.78, 5) is 1.20. The van der Waals surface area contributed by atoms with Crippen LogP contribution in [0.4, 0.5) is 0 Å². The summed E-state index contributed by atoms with van der Waals surface area (Å²) in [5, 5.41) is 7.34. The number of hydrogen-bond donors (Lipinski definition) is 1. The second-order valence-corrected chi connectivity index (χ2v) is 3.92. The fraction of sp³-hybridized carbons (Fsp3) is 0.778. The molecular weight excluding hydrogens is 198 g/mol. The lowest BCUT2D eigenvalue weighted by molar-refractivity contribution is 0.171. The van der Waals surface area contributed by atoms with Crippen LogP contribution in [0.15, 0.2) is 0 Å². The van der Waals surface area contributed by atoms with E-state index >= 15 is 0 Å².